The molecule has 0 amide bonds. The van der Waals surface area contributed by atoms with E-state index in [1.165, 1.54) is 12.7 Å². The predicted octanol–water partition coefficient (Wildman–Crippen LogP) is 8.95. The van der Waals surface area contributed by atoms with Crippen molar-refractivity contribution in [1.82, 2.24) is 0 Å². The summed E-state index contributed by atoms with van der Waals surface area (Å²) < 4.78 is 32.0. The fourth-order valence-electron chi connectivity index (χ4n) is 4.59. The molecular weight excluding hydrogens is 557 g/mol. The number of carbonyl (C=O) groups is 2. The molecule has 2 aromatic rings. The normalized spacial score (nSPS) is 11.0. The van der Waals surface area contributed by atoms with E-state index in [2.05, 4.69) is 37.0 Å². The zero-order valence-electron chi connectivity index (χ0n) is 24.7. The van der Waals surface area contributed by atoms with Crippen LogP contribution in [0.1, 0.15) is 51.3 Å². The summed E-state index contributed by atoms with van der Waals surface area (Å²) >= 11 is 0. The molecule has 0 bridgehead atoms. The first-order valence-corrected chi connectivity index (χ1v) is 19.7. The maximum absolute atomic E-state index is 11.6. The van der Waals surface area contributed by atoms with Crippen LogP contribution in [0.25, 0.3) is 0 Å². The van der Waals surface area contributed by atoms with E-state index in [9.17, 15) is 9.59 Å². The molecule has 0 unspecified atom stereocenters. The van der Waals surface area contributed by atoms with E-state index in [0.29, 0.717) is 17.2 Å². The molecule has 2 rings (SSSR count). The van der Waals surface area contributed by atoms with E-state index < -0.39 is 28.9 Å². The molecule has 0 aliphatic heterocycles. The van der Waals surface area contributed by atoms with Crippen molar-refractivity contribution in [2.75, 3.05) is 20.8 Å². The molecule has 0 saturated heterocycles. The molecule has 0 saturated carbocycles. The number of hydrogen-bond acceptors (Lipinski definition) is 8. The van der Waals surface area contributed by atoms with E-state index in [1.54, 1.807) is 20.1 Å². The van der Waals surface area contributed by atoms with E-state index in [4.69, 9.17) is 23.1 Å². The summed E-state index contributed by atoms with van der Waals surface area (Å²) in [5.41, 5.74) is 3.27. The summed E-state index contributed by atoms with van der Waals surface area (Å²) in [4.78, 5) is 23.0. The van der Waals surface area contributed by atoms with Crippen LogP contribution in [-0.4, -0.2) is 49.8 Å². The Morgan fingerprint density at radius 3 is 1.73 bits per heavy atom. The van der Waals surface area contributed by atoms with Crippen LogP contribution in [0.4, 0.5) is 9.59 Å². The van der Waals surface area contributed by atoms with Crippen LogP contribution in [0.15, 0.2) is 36.4 Å². The van der Waals surface area contributed by atoms with Gasteiger partial charge in [-0.3, -0.25) is 0 Å². The van der Waals surface area contributed by atoms with Crippen molar-refractivity contribution >= 4 is 28.9 Å². The first-order chi connectivity index (χ1) is 18.4. The average Bonchev–Trinajstić information content (AvgIpc) is 2.85. The Kier molecular flexibility index (Phi) is 16.6. The van der Waals surface area contributed by atoms with Crippen LogP contribution in [0.3, 0.4) is 0 Å². The van der Waals surface area contributed by atoms with E-state index in [1.807, 2.05) is 31.2 Å². The Morgan fingerprint density at radius 2 is 1.24 bits per heavy atom. The summed E-state index contributed by atoms with van der Waals surface area (Å²) in [5, 5.41) is 0. The molecule has 0 aromatic heterocycles. The largest absolute Gasteiger partial charge is 0.513 e. The molecule has 0 N–H and O–H groups in total. The van der Waals surface area contributed by atoms with Crippen molar-refractivity contribution in [1.29, 1.82) is 0 Å². The van der Waals surface area contributed by atoms with Crippen molar-refractivity contribution in [2.45, 2.75) is 92.7 Å². The highest BCUT2D eigenvalue weighted by molar-refractivity contribution is 6.84. The van der Waals surface area contributed by atoms with Gasteiger partial charge < -0.3 is 27.8 Å². The highest BCUT2D eigenvalue weighted by atomic mass is 28.4. The zero-order chi connectivity index (χ0) is 29.1. The molecule has 0 radical (unpaired) electrons. The number of hydrogen-bond donors (Lipinski definition) is 0. The van der Waals surface area contributed by atoms with Crippen LogP contribution in [-0.2, 0) is 26.4 Å². The number of benzene rings is 2. The van der Waals surface area contributed by atoms with Gasteiger partial charge in [0.25, 0.3) is 0 Å². The molecule has 0 aliphatic carbocycles. The van der Waals surface area contributed by atoms with Gasteiger partial charge in [-0.1, -0.05) is 33.1 Å². The standard InChI is InChI=1S/C29H44O8Si2.2CH4/c1-9-34-29(31)35-25-16-14-23(20-22(25)2)12-10-18-38(5,6)37-39(7,8)19-11-13-24-15-17-26(27(21-24)32-3)36-28(30)33-4;;/h14-17,20-21H,9-13,18-19H2,1-8H3;2*1H4. The topological polar surface area (TPSA) is 89.5 Å². The molecule has 2 aromatic carbocycles. The van der Waals surface area contributed by atoms with E-state index in [-0.39, 0.29) is 21.5 Å². The second-order valence-corrected chi connectivity index (χ2v) is 19.6. The van der Waals surface area contributed by atoms with E-state index >= 15 is 0 Å². The number of rotatable bonds is 14. The molecule has 0 atom stereocenters. The third-order valence-electron chi connectivity index (χ3n) is 6.32. The van der Waals surface area contributed by atoms with Gasteiger partial charge in [-0.2, -0.15) is 0 Å². The zero-order valence-corrected chi connectivity index (χ0v) is 26.7. The molecule has 0 aliphatic rings. The third-order valence-corrected chi connectivity index (χ3v) is 13.9. The number of ether oxygens (including phenoxy) is 5. The highest BCUT2D eigenvalue weighted by Crippen LogP contribution is 2.30. The Morgan fingerprint density at radius 1 is 0.732 bits per heavy atom. The van der Waals surface area contributed by atoms with Crippen LogP contribution >= 0.6 is 0 Å². The van der Waals surface area contributed by atoms with Gasteiger partial charge in [0.15, 0.2) is 28.1 Å². The van der Waals surface area contributed by atoms with Crippen molar-refractivity contribution in [3.63, 3.8) is 0 Å². The van der Waals surface area contributed by atoms with Gasteiger partial charge in [0.2, 0.25) is 0 Å². The van der Waals surface area contributed by atoms with Crippen molar-refractivity contribution < 1.29 is 37.4 Å². The maximum atomic E-state index is 11.6. The lowest BCUT2D eigenvalue weighted by Gasteiger charge is -2.34. The second-order valence-electron chi connectivity index (χ2n) is 10.8. The molecule has 0 spiro atoms. The van der Waals surface area contributed by atoms with Gasteiger partial charge in [-0.15, -0.1) is 0 Å². The van der Waals surface area contributed by atoms with Crippen LogP contribution in [0.5, 0.6) is 17.2 Å². The summed E-state index contributed by atoms with van der Waals surface area (Å²) in [6, 6.07) is 13.7. The average molecular weight is 609 g/mol. The van der Waals surface area contributed by atoms with Crippen molar-refractivity contribution in [3.8, 4) is 17.2 Å². The van der Waals surface area contributed by atoms with Crippen molar-refractivity contribution in [2.24, 2.45) is 0 Å². The SMILES string of the molecule is C.C.CCOC(=O)Oc1ccc(CCC[Si](C)(C)O[Si](C)(C)CCCc2ccc(OC(=O)OC)c(OC)c2)cc1C. The smallest absolute Gasteiger partial charge is 0.493 e. The van der Waals surface area contributed by atoms with Gasteiger partial charge in [0, 0.05) is 0 Å². The fraction of sp³-hybridized carbons (Fsp3) is 0.548. The second kappa shape index (κ2) is 17.9. The van der Waals surface area contributed by atoms with Crippen molar-refractivity contribution in [3.05, 3.63) is 53.1 Å². The Balaban J connectivity index is 0.00000800. The lowest BCUT2D eigenvalue weighted by Crippen LogP contribution is -2.44. The van der Waals surface area contributed by atoms with Crippen LogP contribution in [0.2, 0.25) is 38.3 Å². The molecular formula is C31H52O8Si2. The summed E-state index contributed by atoms with van der Waals surface area (Å²) in [6.45, 7) is 13.2. The Hall–Kier alpha value is -2.83. The predicted molar refractivity (Wildman–Crippen MR) is 171 cm³/mol. The minimum Gasteiger partial charge on any atom is -0.493 e. The van der Waals surface area contributed by atoms with Gasteiger partial charge in [-0.25, -0.2) is 9.59 Å². The number of carbonyl (C=O) groups excluding carboxylic acids is 2. The Bertz CT molecular complexity index is 1100. The monoisotopic (exact) mass is 608 g/mol. The number of aryl methyl sites for hydroxylation is 3. The minimum absolute atomic E-state index is 0. The lowest BCUT2D eigenvalue weighted by molar-refractivity contribution is 0.104. The molecule has 0 heterocycles. The molecule has 232 valence electrons. The molecule has 10 heteroatoms. The van der Waals surface area contributed by atoms with Gasteiger partial charge in [0.1, 0.15) is 5.75 Å². The third kappa shape index (κ3) is 13.6. The minimum atomic E-state index is -1.84. The van der Waals surface area contributed by atoms with Gasteiger partial charge >= 0.3 is 12.3 Å². The van der Waals surface area contributed by atoms with Gasteiger partial charge in [0.05, 0.1) is 20.8 Å². The maximum Gasteiger partial charge on any atom is 0.513 e. The van der Waals surface area contributed by atoms with Crippen LogP contribution < -0.4 is 14.2 Å². The molecule has 0 fully saturated rings. The van der Waals surface area contributed by atoms with Crippen LogP contribution in [0, 0.1) is 6.92 Å². The summed E-state index contributed by atoms with van der Waals surface area (Å²) in [7, 11) is -0.837. The lowest BCUT2D eigenvalue weighted by atomic mass is 10.1. The van der Waals surface area contributed by atoms with Gasteiger partial charge in [-0.05, 0) is 113 Å². The molecule has 41 heavy (non-hydrogen) atoms. The summed E-state index contributed by atoms with van der Waals surface area (Å²) in [6.07, 6.45) is 2.48. The quantitative estimate of drug-likeness (QED) is 0.119. The number of methoxy groups -OCH3 is 2. The van der Waals surface area contributed by atoms with E-state index in [0.717, 1.165) is 48.9 Å². The Labute approximate surface area is 249 Å². The first-order valence-electron chi connectivity index (χ1n) is 13.4. The molecule has 8 nitrogen and oxygen atoms in total. The highest BCUT2D eigenvalue weighted by Gasteiger charge is 2.32. The first kappa shape index (κ1) is 38.2. The fourth-order valence-corrected chi connectivity index (χ4v) is 13.4. The summed E-state index contributed by atoms with van der Waals surface area (Å²) in [5.74, 6) is 1.39.